The molecule has 0 aromatic carbocycles. The van der Waals surface area contributed by atoms with Gasteiger partial charge in [-0.05, 0) is 15.9 Å². The molecule has 0 radical (unpaired) electrons. The van der Waals surface area contributed by atoms with E-state index in [1.165, 1.54) is 11.3 Å². The molecule has 1 aromatic heterocycles. The number of hydrogen-bond acceptors (Lipinski definition) is 3. The summed E-state index contributed by atoms with van der Waals surface area (Å²) in [5, 5.41) is 10.5. The van der Waals surface area contributed by atoms with Crippen LogP contribution in [0.3, 0.4) is 0 Å². The van der Waals surface area contributed by atoms with E-state index in [2.05, 4.69) is 15.9 Å². The van der Waals surface area contributed by atoms with Crippen molar-refractivity contribution >= 4 is 38.2 Å². The number of anilines is 1. The van der Waals surface area contributed by atoms with Crippen LogP contribution in [0.4, 0.5) is 5.00 Å². The van der Waals surface area contributed by atoms with E-state index in [4.69, 9.17) is 10.8 Å². The maximum Gasteiger partial charge on any atom is 0.339 e. The Morgan fingerprint density at radius 3 is 2.60 bits per heavy atom. The maximum atomic E-state index is 10.4. The molecule has 0 spiro atoms. The topological polar surface area (TPSA) is 63.3 Å². The lowest BCUT2D eigenvalue weighted by Crippen LogP contribution is -1.98. The molecule has 3 nitrogen and oxygen atoms in total. The summed E-state index contributed by atoms with van der Waals surface area (Å²) >= 11 is 4.28. The predicted molar refractivity (Wildman–Crippen MR) is 43.4 cm³/mol. The van der Waals surface area contributed by atoms with Crippen molar-refractivity contribution in [2.45, 2.75) is 0 Å². The molecule has 10 heavy (non-hydrogen) atoms. The van der Waals surface area contributed by atoms with Gasteiger partial charge in [-0.15, -0.1) is 11.3 Å². The molecule has 0 amide bonds. The van der Waals surface area contributed by atoms with Gasteiger partial charge < -0.3 is 10.8 Å². The predicted octanol–water partition coefficient (Wildman–Crippen LogP) is 1.79. The molecule has 0 aliphatic carbocycles. The molecule has 5 heteroatoms. The normalized spacial score (nSPS) is 9.70. The number of aromatic carboxylic acids is 1. The average molecular weight is 222 g/mol. The van der Waals surface area contributed by atoms with Gasteiger partial charge in [0.05, 0.1) is 0 Å². The fourth-order valence-electron chi connectivity index (χ4n) is 0.558. The van der Waals surface area contributed by atoms with Crippen LogP contribution in [0, 0.1) is 0 Å². The molecular weight excluding hydrogens is 218 g/mol. The van der Waals surface area contributed by atoms with Gasteiger partial charge >= 0.3 is 5.97 Å². The van der Waals surface area contributed by atoms with Gasteiger partial charge in [0.25, 0.3) is 0 Å². The smallest absolute Gasteiger partial charge is 0.339 e. The summed E-state index contributed by atoms with van der Waals surface area (Å²) in [6.07, 6.45) is 0. The highest BCUT2D eigenvalue weighted by Crippen LogP contribution is 2.29. The van der Waals surface area contributed by atoms with Gasteiger partial charge in [-0.2, -0.15) is 0 Å². The van der Waals surface area contributed by atoms with Crippen molar-refractivity contribution in [3.8, 4) is 0 Å². The molecule has 0 unspecified atom stereocenters. The zero-order valence-electron chi connectivity index (χ0n) is 4.80. The van der Waals surface area contributed by atoms with Crippen molar-refractivity contribution in [3.63, 3.8) is 0 Å². The highest BCUT2D eigenvalue weighted by molar-refractivity contribution is 9.10. The lowest BCUT2D eigenvalue weighted by atomic mass is 10.3. The zero-order chi connectivity index (χ0) is 7.72. The van der Waals surface area contributed by atoms with E-state index in [-0.39, 0.29) is 5.56 Å². The van der Waals surface area contributed by atoms with E-state index in [0.29, 0.717) is 9.47 Å². The first kappa shape index (κ1) is 7.56. The molecule has 1 rings (SSSR count). The van der Waals surface area contributed by atoms with Crippen LogP contribution in [0.15, 0.2) is 9.85 Å². The van der Waals surface area contributed by atoms with Gasteiger partial charge in [0.2, 0.25) is 0 Å². The minimum Gasteiger partial charge on any atom is -0.478 e. The third-order valence-corrected chi connectivity index (χ3v) is 2.73. The zero-order valence-corrected chi connectivity index (χ0v) is 7.20. The number of halogens is 1. The number of nitrogen functional groups attached to an aromatic ring is 1. The second-order valence-electron chi connectivity index (χ2n) is 1.63. The van der Waals surface area contributed by atoms with Crippen molar-refractivity contribution in [2.24, 2.45) is 0 Å². The first-order valence-electron chi connectivity index (χ1n) is 2.38. The van der Waals surface area contributed by atoms with Crippen molar-refractivity contribution < 1.29 is 9.90 Å². The van der Waals surface area contributed by atoms with Gasteiger partial charge in [-0.25, -0.2) is 4.79 Å². The van der Waals surface area contributed by atoms with Crippen LogP contribution in [0.5, 0.6) is 0 Å². The summed E-state index contributed by atoms with van der Waals surface area (Å²) in [7, 11) is 0. The van der Waals surface area contributed by atoms with Gasteiger partial charge in [-0.3, -0.25) is 0 Å². The Bertz CT molecular complexity index is 251. The molecule has 0 bridgehead atoms. The lowest BCUT2D eigenvalue weighted by Gasteiger charge is -1.90. The quantitative estimate of drug-likeness (QED) is 0.761. The van der Waals surface area contributed by atoms with Crippen LogP contribution in [0.25, 0.3) is 0 Å². The maximum absolute atomic E-state index is 10.4. The molecule has 54 valence electrons. The van der Waals surface area contributed by atoms with Crippen LogP contribution < -0.4 is 5.73 Å². The number of rotatable bonds is 1. The standard InChI is InChI=1S/C5H4BrNO2S/c6-2-1-10-4(7)3(2)5(8)9/h1H,7H2,(H,8,9). The number of hydrogen-bond donors (Lipinski definition) is 2. The first-order chi connectivity index (χ1) is 4.63. The van der Waals surface area contributed by atoms with Crippen LogP contribution >= 0.6 is 27.3 Å². The average Bonchev–Trinajstić information content (AvgIpc) is 2.11. The van der Waals surface area contributed by atoms with E-state index >= 15 is 0 Å². The number of carbonyl (C=O) groups is 1. The summed E-state index contributed by atoms with van der Waals surface area (Å²) in [6.45, 7) is 0. The van der Waals surface area contributed by atoms with E-state index in [0.717, 1.165) is 0 Å². The SMILES string of the molecule is Nc1scc(Br)c1C(=O)O. The summed E-state index contributed by atoms with van der Waals surface area (Å²) < 4.78 is 0.544. The second-order valence-corrected chi connectivity index (χ2v) is 3.39. The van der Waals surface area contributed by atoms with E-state index in [1.807, 2.05) is 0 Å². The number of carboxylic acids is 1. The summed E-state index contributed by atoms with van der Waals surface area (Å²) in [5.41, 5.74) is 5.51. The lowest BCUT2D eigenvalue weighted by molar-refractivity contribution is 0.0697. The van der Waals surface area contributed by atoms with E-state index in [1.54, 1.807) is 5.38 Å². The van der Waals surface area contributed by atoms with Crippen molar-refractivity contribution in [3.05, 3.63) is 15.4 Å². The molecule has 0 atom stereocenters. The molecule has 1 heterocycles. The highest BCUT2D eigenvalue weighted by atomic mass is 79.9. The van der Waals surface area contributed by atoms with Crippen molar-refractivity contribution in [2.75, 3.05) is 5.73 Å². The third-order valence-electron chi connectivity index (χ3n) is 0.988. The van der Waals surface area contributed by atoms with Gasteiger partial charge in [0.1, 0.15) is 10.6 Å². The minimum absolute atomic E-state index is 0.157. The highest BCUT2D eigenvalue weighted by Gasteiger charge is 2.13. The van der Waals surface area contributed by atoms with Crippen molar-refractivity contribution in [1.82, 2.24) is 0 Å². The molecule has 0 aliphatic heterocycles. The Labute approximate surface area is 69.6 Å². The fraction of sp³-hybridized carbons (Fsp3) is 0. The summed E-state index contributed by atoms with van der Waals surface area (Å²) in [4.78, 5) is 10.4. The Balaban J connectivity index is 3.23. The molecule has 0 aliphatic rings. The van der Waals surface area contributed by atoms with Crippen molar-refractivity contribution in [1.29, 1.82) is 0 Å². The van der Waals surface area contributed by atoms with Crippen LogP contribution in [-0.2, 0) is 0 Å². The summed E-state index contributed by atoms with van der Waals surface area (Å²) in [5.74, 6) is -0.995. The van der Waals surface area contributed by atoms with Crippen LogP contribution in [0.1, 0.15) is 10.4 Å². The molecular formula is C5H4BrNO2S. The van der Waals surface area contributed by atoms with E-state index < -0.39 is 5.97 Å². The van der Waals surface area contributed by atoms with E-state index in [9.17, 15) is 4.79 Å². The second kappa shape index (κ2) is 2.59. The van der Waals surface area contributed by atoms with Gasteiger partial charge in [0, 0.05) is 9.85 Å². The first-order valence-corrected chi connectivity index (χ1v) is 4.06. The number of thiophene rings is 1. The van der Waals surface area contributed by atoms with Crippen LogP contribution in [0.2, 0.25) is 0 Å². The molecule has 0 saturated heterocycles. The Hall–Kier alpha value is -0.550. The molecule has 3 N–H and O–H groups in total. The fourth-order valence-corrected chi connectivity index (χ4v) is 2.02. The van der Waals surface area contributed by atoms with Gasteiger partial charge in [-0.1, -0.05) is 0 Å². The molecule has 0 fully saturated rings. The monoisotopic (exact) mass is 221 g/mol. The number of nitrogens with two attached hydrogens (primary N) is 1. The van der Waals surface area contributed by atoms with Gasteiger partial charge in [0.15, 0.2) is 0 Å². The molecule has 1 aromatic rings. The number of carboxylic acid groups (broad SMARTS) is 1. The van der Waals surface area contributed by atoms with Crippen LogP contribution in [-0.4, -0.2) is 11.1 Å². The minimum atomic E-state index is -0.995. The third kappa shape index (κ3) is 1.15. The Kier molecular flexibility index (Phi) is 1.96. The summed E-state index contributed by atoms with van der Waals surface area (Å²) in [6, 6.07) is 0. The Morgan fingerprint density at radius 2 is 2.40 bits per heavy atom. The largest absolute Gasteiger partial charge is 0.478 e. The Morgan fingerprint density at radius 1 is 1.80 bits per heavy atom. The molecule has 0 saturated carbocycles.